The Bertz CT molecular complexity index is 1450. The van der Waals surface area contributed by atoms with Crippen molar-refractivity contribution in [1.82, 2.24) is 9.80 Å². The SMILES string of the molecule is COC(=O)CCc1ccc(C(=Nc2ccc(C(=O)N3CCN(C)CC3)cc2)C2C(=O)Nc3cc(F)ccc32)cc1. The van der Waals surface area contributed by atoms with E-state index in [1.807, 2.05) is 36.2 Å². The molecule has 1 saturated heterocycles. The summed E-state index contributed by atoms with van der Waals surface area (Å²) in [6, 6.07) is 18.8. The number of carbonyl (C=O) groups excluding carboxylic acids is 3. The first-order chi connectivity index (χ1) is 19.3. The minimum absolute atomic E-state index is 0.0162. The lowest BCUT2D eigenvalue weighted by Crippen LogP contribution is -2.47. The van der Waals surface area contributed by atoms with Gasteiger partial charge in [-0.3, -0.25) is 19.4 Å². The van der Waals surface area contributed by atoms with E-state index in [1.165, 1.54) is 19.2 Å². The minimum Gasteiger partial charge on any atom is -0.469 e. The summed E-state index contributed by atoms with van der Waals surface area (Å²) in [5, 5.41) is 2.77. The molecule has 1 atom stereocenters. The van der Waals surface area contributed by atoms with Crippen LogP contribution in [0.15, 0.2) is 71.7 Å². The fourth-order valence-electron chi connectivity index (χ4n) is 5.00. The van der Waals surface area contributed by atoms with Crippen LogP contribution < -0.4 is 5.32 Å². The molecule has 2 aliphatic rings. The highest BCUT2D eigenvalue weighted by Gasteiger charge is 2.35. The van der Waals surface area contributed by atoms with Gasteiger partial charge in [0.1, 0.15) is 11.7 Å². The fraction of sp³-hybridized carbons (Fsp3) is 0.290. The third-order valence-corrected chi connectivity index (χ3v) is 7.37. The number of aryl methyl sites for hydroxylation is 1. The first kappa shape index (κ1) is 27.2. The zero-order chi connectivity index (χ0) is 28.2. The maximum Gasteiger partial charge on any atom is 0.305 e. The Morgan fingerprint density at radius 2 is 1.65 bits per heavy atom. The number of hydrogen-bond acceptors (Lipinski definition) is 6. The monoisotopic (exact) mass is 542 g/mol. The van der Waals surface area contributed by atoms with Gasteiger partial charge in [0.25, 0.3) is 5.91 Å². The number of nitrogens with one attached hydrogen (secondary N) is 1. The van der Waals surface area contributed by atoms with Crippen molar-refractivity contribution in [2.45, 2.75) is 18.8 Å². The zero-order valence-corrected chi connectivity index (χ0v) is 22.5. The van der Waals surface area contributed by atoms with Crippen molar-refractivity contribution in [2.24, 2.45) is 4.99 Å². The van der Waals surface area contributed by atoms with Crippen LogP contribution >= 0.6 is 0 Å². The van der Waals surface area contributed by atoms with Crippen LogP contribution in [0.4, 0.5) is 15.8 Å². The molecule has 1 fully saturated rings. The van der Waals surface area contributed by atoms with Gasteiger partial charge < -0.3 is 19.9 Å². The van der Waals surface area contributed by atoms with Crippen molar-refractivity contribution < 1.29 is 23.5 Å². The van der Waals surface area contributed by atoms with Crippen LogP contribution in [-0.4, -0.2) is 73.6 Å². The normalized spacial score (nSPS) is 17.4. The second-order valence-electron chi connectivity index (χ2n) is 10.1. The second-order valence-corrected chi connectivity index (χ2v) is 10.1. The number of piperazine rings is 1. The van der Waals surface area contributed by atoms with Gasteiger partial charge in [-0.2, -0.15) is 0 Å². The molecule has 1 N–H and O–H groups in total. The summed E-state index contributed by atoms with van der Waals surface area (Å²) in [5.41, 5.74) is 4.39. The van der Waals surface area contributed by atoms with Gasteiger partial charge in [0.2, 0.25) is 5.91 Å². The first-order valence-corrected chi connectivity index (χ1v) is 13.3. The topological polar surface area (TPSA) is 91.3 Å². The van der Waals surface area contributed by atoms with Gasteiger partial charge in [0.15, 0.2) is 0 Å². The van der Waals surface area contributed by atoms with Crippen molar-refractivity contribution >= 4 is 34.9 Å². The summed E-state index contributed by atoms with van der Waals surface area (Å²) in [6.45, 7) is 3.05. The Kier molecular flexibility index (Phi) is 8.02. The third-order valence-electron chi connectivity index (χ3n) is 7.37. The van der Waals surface area contributed by atoms with Crippen LogP contribution in [0, 0.1) is 5.82 Å². The molecule has 0 radical (unpaired) electrons. The standard InChI is InChI=1S/C31H31FN4O4/c1-35-15-17-36(18-16-35)31(39)22-8-11-24(12-9-22)33-29(21-6-3-20(4-7-21)5-14-27(37)40-2)28-25-13-10-23(32)19-26(25)34-30(28)38/h3-4,6-13,19,28H,5,14-18H2,1-2H3,(H,34,38). The van der Waals surface area contributed by atoms with E-state index in [0.717, 1.165) is 24.2 Å². The molecule has 3 aromatic carbocycles. The Balaban J connectivity index is 1.46. The molecule has 0 aliphatic carbocycles. The van der Waals surface area contributed by atoms with Gasteiger partial charge in [0, 0.05) is 43.9 Å². The van der Waals surface area contributed by atoms with Crippen molar-refractivity contribution in [3.63, 3.8) is 0 Å². The van der Waals surface area contributed by atoms with Crippen LogP contribution in [-0.2, 0) is 20.7 Å². The fourth-order valence-corrected chi connectivity index (χ4v) is 5.00. The van der Waals surface area contributed by atoms with E-state index >= 15 is 0 Å². The van der Waals surface area contributed by atoms with E-state index in [2.05, 4.69) is 10.2 Å². The van der Waals surface area contributed by atoms with Gasteiger partial charge in [-0.05, 0) is 66.6 Å². The first-order valence-electron chi connectivity index (χ1n) is 13.3. The van der Waals surface area contributed by atoms with Crippen molar-refractivity contribution in [3.05, 3.63) is 94.8 Å². The molecule has 2 heterocycles. The summed E-state index contributed by atoms with van der Waals surface area (Å²) in [4.78, 5) is 46.6. The molecule has 5 rings (SSSR count). The highest BCUT2D eigenvalue weighted by atomic mass is 19.1. The van der Waals surface area contributed by atoms with Crippen molar-refractivity contribution in [3.8, 4) is 0 Å². The number of fused-ring (bicyclic) bond motifs is 1. The van der Waals surface area contributed by atoms with Crippen LogP contribution in [0.25, 0.3) is 0 Å². The zero-order valence-electron chi connectivity index (χ0n) is 22.5. The molecular weight excluding hydrogens is 511 g/mol. The van der Waals surface area contributed by atoms with E-state index in [-0.39, 0.29) is 24.2 Å². The van der Waals surface area contributed by atoms with E-state index in [0.29, 0.717) is 47.7 Å². The Morgan fingerprint density at radius 1 is 0.975 bits per heavy atom. The number of nitrogens with zero attached hydrogens (tertiary/aromatic N) is 3. The number of methoxy groups -OCH3 is 1. The van der Waals surface area contributed by atoms with Gasteiger partial charge >= 0.3 is 5.97 Å². The smallest absolute Gasteiger partial charge is 0.305 e. The molecule has 0 saturated carbocycles. The maximum absolute atomic E-state index is 13.9. The Labute approximate surface area is 232 Å². The highest BCUT2D eigenvalue weighted by Crippen LogP contribution is 2.37. The molecule has 2 amide bonds. The van der Waals surface area contributed by atoms with E-state index in [1.54, 1.807) is 30.3 Å². The summed E-state index contributed by atoms with van der Waals surface area (Å²) in [7, 11) is 3.40. The average molecular weight is 543 g/mol. The van der Waals surface area contributed by atoms with Gasteiger partial charge in [-0.1, -0.05) is 30.3 Å². The number of likely N-dealkylation sites (N-methyl/N-ethyl adjacent to an activating group) is 1. The average Bonchev–Trinajstić information content (AvgIpc) is 3.29. The lowest BCUT2D eigenvalue weighted by Gasteiger charge is -2.32. The highest BCUT2D eigenvalue weighted by molar-refractivity contribution is 6.24. The quantitative estimate of drug-likeness (QED) is 0.357. The van der Waals surface area contributed by atoms with Crippen molar-refractivity contribution in [2.75, 3.05) is 45.7 Å². The lowest BCUT2D eigenvalue weighted by atomic mass is 9.90. The number of benzene rings is 3. The molecule has 0 bridgehead atoms. The number of amides is 2. The molecule has 1 unspecified atom stereocenters. The number of halogens is 1. The van der Waals surface area contributed by atoms with Crippen LogP contribution in [0.5, 0.6) is 0 Å². The Morgan fingerprint density at radius 3 is 2.33 bits per heavy atom. The Hall–Kier alpha value is -4.37. The number of rotatable bonds is 7. The van der Waals surface area contributed by atoms with Gasteiger partial charge in [0.05, 0.1) is 18.5 Å². The molecule has 8 nitrogen and oxygen atoms in total. The summed E-state index contributed by atoms with van der Waals surface area (Å²) < 4.78 is 18.6. The number of aliphatic imine (C=N–C) groups is 1. The number of esters is 1. The van der Waals surface area contributed by atoms with E-state index < -0.39 is 11.7 Å². The molecule has 206 valence electrons. The summed E-state index contributed by atoms with van der Waals surface area (Å²) >= 11 is 0. The van der Waals surface area contributed by atoms with Crippen molar-refractivity contribution in [1.29, 1.82) is 0 Å². The molecule has 0 spiro atoms. The van der Waals surface area contributed by atoms with E-state index in [9.17, 15) is 18.8 Å². The molecule has 9 heteroatoms. The van der Waals surface area contributed by atoms with Gasteiger partial charge in [-0.25, -0.2) is 4.39 Å². The van der Waals surface area contributed by atoms with Crippen LogP contribution in [0.1, 0.15) is 39.4 Å². The number of carbonyl (C=O) groups is 3. The molecule has 3 aromatic rings. The number of hydrogen-bond donors (Lipinski definition) is 1. The molecular formula is C31H31FN4O4. The summed E-state index contributed by atoms with van der Waals surface area (Å²) in [5.74, 6) is -1.78. The number of anilines is 1. The minimum atomic E-state index is -0.747. The number of ether oxygens (including phenoxy) is 1. The van der Waals surface area contributed by atoms with Crippen LogP contribution in [0.2, 0.25) is 0 Å². The maximum atomic E-state index is 13.9. The summed E-state index contributed by atoms with van der Waals surface area (Å²) in [6.07, 6.45) is 0.786. The van der Waals surface area contributed by atoms with Crippen LogP contribution in [0.3, 0.4) is 0 Å². The lowest BCUT2D eigenvalue weighted by molar-refractivity contribution is -0.140. The predicted octanol–water partition coefficient (Wildman–Crippen LogP) is 4.18. The third kappa shape index (κ3) is 5.94. The second kappa shape index (κ2) is 11.8. The predicted molar refractivity (Wildman–Crippen MR) is 151 cm³/mol. The van der Waals surface area contributed by atoms with Gasteiger partial charge in [-0.15, -0.1) is 0 Å². The van der Waals surface area contributed by atoms with E-state index in [4.69, 9.17) is 9.73 Å². The largest absolute Gasteiger partial charge is 0.469 e. The molecule has 2 aliphatic heterocycles. The molecule has 0 aromatic heterocycles. The molecule has 40 heavy (non-hydrogen) atoms.